The quantitative estimate of drug-likeness (QED) is 0.425. The number of aromatic nitrogens is 1. The summed E-state index contributed by atoms with van der Waals surface area (Å²) in [5.41, 5.74) is 1.82. The van der Waals surface area contributed by atoms with Crippen molar-refractivity contribution in [2.45, 2.75) is 52.6 Å². The Labute approximate surface area is 159 Å². The van der Waals surface area contributed by atoms with Crippen molar-refractivity contribution in [3.05, 3.63) is 34.3 Å². The van der Waals surface area contributed by atoms with Gasteiger partial charge in [0.05, 0.1) is 11.7 Å². The predicted octanol–water partition coefficient (Wildman–Crippen LogP) is 2.93. The number of allylic oxidation sites excluding steroid dienone is 4. The third-order valence-corrected chi connectivity index (χ3v) is 4.41. The van der Waals surface area contributed by atoms with Gasteiger partial charge in [-0.05, 0) is 26.2 Å². The van der Waals surface area contributed by atoms with Gasteiger partial charge >= 0.3 is 5.97 Å². The van der Waals surface area contributed by atoms with Crippen molar-refractivity contribution in [2.24, 2.45) is 5.92 Å². The fourth-order valence-corrected chi connectivity index (χ4v) is 3.23. The highest BCUT2D eigenvalue weighted by molar-refractivity contribution is 7.10. The van der Waals surface area contributed by atoms with Crippen LogP contribution in [0.5, 0.6) is 0 Å². The molecule has 0 aliphatic carbocycles. The molecule has 0 spiro atoms. The molecule has 146 valence electrons. The molecule has 0 aromatic carbocycles. The Morgan fingerprint density at radius 1 is 1.35 bits per heavy atom. The Kier molecular flexibility index (Phi) is 12.4. The van der Waals surface area contributed by atoms with Crippen molar-refractivity contribution < 1.29 is 19.8 Å². The summed E-state index contributed by atoms with van der Waals surface area (Å²) in [6, 6.07) is -1.29. The van der Waals surface area contributed by atoms with Crippen LogP contribution in [0, 0.1) is 5.92 Å². The van der Waals surface area contributed by atoms with E-state index in [0.29, 0.717) is 12.8 Å². The van der Waals surface area contributed by atoms with Crippen LogP contribution in [0.15, 0.2) is 23.6 Å². The van der Waals surface area contributed by atoms with E-state index in [-0.39, 0.29) is 5.92 Å². The Morgan fingerprint density at radius 2 is 2.00 bits per heavy atom. The fourth-order valence-electron chi connectivity index (χ4n) is 2.35. The third-order valence-electron chi connectivity index (χ3n) is 3.47. The van der Waals surface area contributed by atoms with Crippen molar-refractivity contribution >= 4 is 29.2 Å². The molecule has 0 radical (unpaired) electrons. The van der Waals surface area contributed by atoms with Crippen molar-refractivity contribution in [3.8, 4) is 0 Å². The first kappa shape index (κ1) is 24.2. The van der Waals surface area contributed by atoms with Crippen LogP contribution in [0.3, 0.4) is 0 Å². The number of aliphatic hydroxyl groups is 1. The molecular weight excluding hydrogens is 352 g/mol. The number of carbonyl (C=O) groups is 2. The smallest absolute Gasteiger partial charge is 0.320 e. The van der Waals surface area contributed by atoms with Crippen LogP contribution in [-0.2, 0) is 16.0 Å². The number of nitrogens with zero attached hydrogens (tertiary/aromatic N) is 1. The number of rotatable bonds is 10. The van der Waals surface area contributed by atoms with Gasteiger partial charge in [-0.15, -0.1) is 11.3 Å². The van der Waals surface area contributed by atoms with E-state index in [9.17, 15) is 14.7 Å². The number of thiazole rings is 1. The van der Waals surface area contributed by atoms with Crippen LogP contribution in [0.1, 0.15) is 44.8 Å². The lowest BCUT2D eigenvalue weighted by Gasteiger charge is -2.20. The molecule has 0 aliphatic heterocycles. The molecular formula is C19H30N2O4S. The minimum atomic E-state index is -0.932. The maximum absolute atomic E-state index is 11.4. The zero-order chi connectivity index (χ0) is 20.1. The van der Waals surface area contributed by atoms with Gasteiger partial charge in [0, 0.05) is 24.5 Å². The Hall–Kier alpha value is -1.83. The molecule has 7 heteroatoms. The SMILES string of the molecule is C/C=C\C(=C/C)c1nc(C[C@@H](C=O)NC(CC(C)C)C(=O)O)cs1.CO. The number of carboxylic acid groups (broad SMARTS) is 1. The van der Waals surface area contributed by atoms with Gasteiger partial charge in [-0.3, -0.25) is 10.1 Å². The van der Waals surface area contributed by atoms with Crippen molar-refractivity contribution in [1.82, 2.24) is 10.3 Å². The van der Waals surface area contributed by atoms with E-state index in [1.165, 1.54) is 11.3 Å². The largest absolute Gasteiger partial charge is 0.480 e. The number of aliphatic carboxylic acids is 1. The van der Waals surface area contributed by atoms with Gasteiger partial charge in [-0.1, -0.05) is 32.1 Å². The Bertz CT molecular complexity index is 608. The first-order valence-corrected chi connectivity index (χ1v) is 9.41. The molecule has 0 fully saturated rings. The van der Waals surface area contributed by atoms with Gasteiger partial charge in [-0.2, -0.15) is 0 Å². The molecule has 26 heavy (non-hydrogen) atoms. The molecule has 1 unspecified atom stereocenters. The van der Waals surface area contributed by atoms with E-state index in [2.05, 4.69) is 10.3 Å². The number of carbonyl (C=O) groups excluding carboxylic acids is 1. The standard InChI is InChI=1S/C18H26N2O3S.CH4O/c1-5-7-13(6-2)17-20-15(11-24-17)9-14(10-21)19-16(18(22)23)8-12(3)4;1-2/h5-7,10-12,14,16,19H,8-9H2,1-4H3,(H,22,23);2H,1H3/b7-5-,13-6+;/t14-,16?;/m0./s1. The second kappa shape index (κ2) is 13.4. The zero-order valence-electron chi connectivity index (χ0n) is 16.1. The summed E-state index contributed by atoms with van der Waals surface area (Å²) in [6.45, 7) is 7.82. The first-order chi connectivity index (χ1) is 12.4. The molecule has 0 bridgehead atoms. The average Bonchev–Trinajstić information content (AvgIpc) is 3.07. The number of aldehydes is 1. The highest BCUT2D eigenvalue weighted by Gasteiger charge is 2.23. The molecule has 0 aliphatic rings. The van der Waals surface area contributed by atoms with Crippen LogP contribution < -0.4 is 5.32 Å². The van der Waals surface area contributed by atoms with Crippen LogP contribution in [0.4, 0.5) is 0 Å². The molecule has 1 rings (SSSR count). The summed E-state index contributed by atoms with van der Waals surface area (Å²) in [5, 5.41) is 22.0. The summed E-state index contributed by atoms with van der Waals surface area (Å²) in [7, 11) is 1.00. The van der Waals surface area contributed by atoms with Gasteiger partial charge in [0.15, 0.2) is 0 Å². The lowest BCUT2D eigenvalue weighted by atomic mass is 10.0. The van der Waals surface area contributed by atoms with Gasteiger partial charge in [0.1, 0.15) is 17.3 Å². The van der Waals surface area contributed by atoms with E-state index in [0.717, 1.165) is 29.7 Å². The minimum Gasteiger partial charge on any atom is -0.480 e. The minimum absolute atomic E-state index is 0.231. The van der Waals surface area contributed by atoms with E-state index >= 15 is 0 Å². The molecule has 1 aromatic heterocycles. The number of hydrogen-bond acceptors (Lipinski definition) is 6. The van der Waals surface area contributed by atoms with Gasteiger partial charge in [0.2, 0.25) is 0 Å². The number of carboxylic acids is 1. The van der Waals surface area contributed by atoms with Gasteiger partial charge in [-0.25, -0.2) is 4.98 Å². The Morgan fingerprint density at radius 3 is 2.46 bits per heavy atom. The lowest BCUT2D eigenvalue weighted by molar-refractivity contribution is -0.140. The topological polar surface area (TPSA) is 99.5 Å². The average molecular weight is 383 g/mol. The summed E-state index contributed by atoms with van der Waals surface area (Å²) >= 11 is 1.52. The van der Waals surface area contributed by atoms with E-state index in [1.54, 1.807) is 0 Å². The molecule has 0 amide bonds. The number of aliphatic hydroxyl groups excluding tert-OH is 1. The summed E-state index contributed by atoms with van der Waals surface area (Å²) in [4.78, 5) is 27.2. The molecule has 2 atom stereocenters. The van der Waals surface area contributed by atoms with Crippen molar-refractivity contribution in [2.75, 3.05) is 7.11 Å². The molecule has 3 N–H and O–H groups in total. The zero-order valence-corrected chi connectivity index (χ0v) is 16.9. The highest BCUT2D eigenvalue weighted by Crippen LogP contribution is 2.21. The maximum atomic E-state index is 11.4. The van der Waals surface area contributed by atoms with E-state index in [1.807, 2.05) is 51.3 Å². The number of nitrogens with one attached hydrogen (secondary N) is 1. The lowest BCUT2D eigenvalue weighted by Crippen LogP contribution is -2.45. The van der Waals surface area contributed by atoms with Crippen LogP contribution >= 0.6 is 11.3 Å². The summed E-state index contributed by atoms with van der Waals surface area (Å²) < 4.78 is 0. The normalized spacial score (nSPS) is 14.0. The molecule has 1 heterocycles. The fraction of sp³-hybridized carbons (Fsp3) is 0.526. The first-order valence-electron chi connectivity index (χ1n) is 8.53. The van der Waals surface area contributed by atoms with Crippen LogP contribution in [0.2, 0.25) is 0 Å². The van der Waals surface area contributed by atoms with E-state index in [4.69, 9.17) is 5.11 Å². The summed E-state index contributed by atoms with van der Waals surface area (Å²) in [6.07, 6.45) is 7.55. The predicted molar refractivity (Wildman–Crippen MR) is 106 cm³/mol. The highest BCUT2D eigenvalue weighted by atomic mass is 32.1. The van der Waals surface area contributed by atoms with Crippen molar-refractivity contribution in [1.29, 1.82) is 0 Å². The molecule has 6 nitrogen and oxygen atoms in total. The van der Waals surface area contributed by atoms with E-state index < -0.39 is 18.1 Å². The van der Waals surface area contributed by atoms with Crippen LogP contribution in [0.25, 0.3) is 5.57 Å². The monoisotopic (exact) mass is 382 g/mol. The molecule has 0 saturated carbocycles. The molecule has 0 saturated heterocycles. The summed E-state index contributed by atoms with van der Waals surface area (Å²) in [5.74, 6) is -0.700. The number of hydrogen-bond donors (Lipinski definition) is 3. The van der Waals surface area contributed by atoms with Gasteiger partial charge < -0.3 is 15.0 Å². The second-order valence-electron chi connectivity index (χ2n) is 6.02. The molecule has 1 aromatic rings. The third kappa shape index (κ3) is 8.51. The maximum Gasteiger partial charge on any atom is 0.320 e. The van der Waals surface area contributed by atoms with Crippen molar-refractivity contribution in [3.63, 3.8) is 0 Å². The Balaban J connectivity index is 0.00000301. The van der Waals surface area contributed by atoms with Crippen LogP contribution in [-0.4, -0.2) is 46.6 Å². The van der Waals surface area contributed by atoms with Gasteiger partial charge in [0.25, 0.3) is 0 Å². The second-order valence-corrected chi connectivity index (χ2v) is 6.88.